The van der Waals surface area contributed by atoms with E-state index in [1.807, 2.05) is 6.92 Å². The maximum absolute atomic E-state index is 9.27. The van der Waals surface area contributed by atoms with Gasteiger partial charge in [-0.1, -0.05) is 0 Å². The number of aliphatic hydroxyl groups excluding tert-OH is 1. The fourth-order valence-corrected chi connectivity index (χ4v) is 2.57. The highest BCUT2D eigenvalue weighted by atomic mass is 16.3. The van der Waals surface area contributed by atoms with Crippen LogP contribution >= 0.6 is 0 Å². The first kappa shape index (κ1) is 13.3. The Balaban J connectivity index is 1.83. The summed E-state index contributed by atoms with van der Waals surface area (Å²) >= 11 is 0. The van der Waals surface area contributed by atoms with Gasteiger partial charge in [-0.3, -0.25) is 0 Å². The molecule has 0 bridgehead atoms. The lowest BCUT2D eigenvalue weighted by Crippen LogP contribution is -2.48. The van der Waals surface area contributed by atoms with Gasteiger partial charge in [0.15, 0.2) is 0 Å². The van der Waals surface area contributed by atoms with E-state index in [1.54, 1.807) is 0 Å². The van der Waals surface area contributed by atoms with Crippen LogP contribution in [0.5, 0.6) is 0 Å². The molecule has 0 saturated heterocycles. The average molecular weight is 240 g/mol. The Morgan fingerprint density at radius 2 is 1.71 bits per heavy atom. The van der Waals surface area contributed by atoms with Crippen molar-refractivity contribution in [1.82, 2.24) is 4.90 Å². The van der Waals surface area contributed by atoms with Crippen LogP contribution in [0.2, 0.25) is 0 Å². The molecule has 2 fully saturated rings. The SMILES string of the molecule is CC(CC(C)(N)CO)N(CC1CC1)CC1CC1. The fraction of sp³-hybridized carbons (Fsp3) is 1.00. The number of hydrogen-bond donors (Lipinski definition) is 2. The van der Waals surface area contributed by atoms with Crippen LogP contribution in [0.3, 0.4) is 0 Å². The highest BCUT2D eigenvalue weighted by molar-refractivity contribution is 4.88. The fourth-order valence-electron chi connectivity index (χ4n) is 2.57. The summed E-state index contributed by atoms with van der Waals surface area (Å²) in [6.45, 7) is 6.80. The summed E-state index contributed by atoms with van der Waals surface area (Å²) in [7, 11) is 0. The lowest BCUT2D eigenvalue weighted by molar-refractivity contribution is 0.129. The third-order valence-corrected chi connectivity index (χ3v) is 4.13. The number of hydrogen-bond acceptors (Lipinski definition) is 3. The molecule has 2 unspecified atom stereocenters. The summed E-state index contributed by atoms with van der Waals surface area (Å²) < 4.78 is 0. The van der Waals surface area contributed by atoms with E-state index in [1.165, 1.54) is 38.8 Å². The maximum Gasteiger partial charge on any atom is 0.0609 e. The van der Waals surface area contributed by atoms with Crippen LogP contribution in [-0.4, -0.2) is 41.3 Å². The minimum atomic E-state index is -0.426. The van der Waals surface area contributed by atoms with Crippen LogP contribution in [0.15, 0.2) is 0 Å². The Morgan fingerprint density at radius 1 is 1.24 bits per heavy atom. The van der Waals surface area contributed by atoms with Crippen molar-refractivity contribution in [2.45, 2.75) is 57.5 Å². The van der Waals surface area contributed by atoms with E-state index in [9.17, 15) is 5.11 Å². The zero-order valence-electron chi connectivity index (χ0n) is 11.4. The molecular weight excluding hydrogens is 212 g/mol. The molecule has 0 spiro atoms. The molecule has 3 nitrogen and oxygen atoms in total. The van der Waals surface area contributed by atoms with Crippen LogP contribution in [0.25, 0.3) is 0 Å². The molecule has 17 heavy (non-hydrogen) atoms. The highest BCUT2D eigenvalue weighted by Crippen LogP contribution is 2.35. The van der Waals surface area contributed by atoms with E-state index in [-0.39, 0.29) is 6.61 Å². The molecule has 0 heterocycles. The highest BCUT2D eigenvalue weighted by Gasteiger charge is 2.33. The normalized spacial score (nSPS) is 25.9. The first-order valence-corrected chi connectivity index (χ1v) is 7.14. The van der Waals surface area contributed by atoms with Crippen LogP contribution in [0.1, 0.15) is 46.0 Å². The Hall–Kier alpha value is -0.120. The van der Waals surface area contributed by atoms with Crippen LogP contribution in [-0.2, 0) is 0 Å². The van der Waals surface area contributed by atoms with E-state index in [0.29, 0.717) is 6.04 Å². The van der Waals surface area contributed by atoms with Crippen molar-refractivity contribution in [3.05, 3.63) is 0 Å². The maximum atomic E-state index is 9.27. The summed E-state index contributed by atoms with van der Waals surface area (Å²) in [6, 6.07) is 0.498. The number of aliphatic hydroxyl groups is 1. The molecule has 0 amide bonds. The minimum absolute atomic E-state index is 0.0814. The van der Waals surface area contributed by atoms with E-state index < -0.39 is 5.54 Å². The second-order valence-electron chi connectivity index (χ2n) is 6.71. The molecular formula is C14H28N2O. The first-order valence-electron chi connectivity index (χ1n) is 7.14. The summed E-state index contributed by atoms with van der Waals surface area (Å²) in [5, 5.41) is 9.27. The van der Waals surface area contributed by atoms with Gasteiger partial charge in [0, 0.05) is 24.7 Å². The number of nitrogens with two attached hydrogens (primary N) is 1. The van der Waals surface area contributed by atoms with E-state index in [2.05, 4.69) is 11.8 Å². The summed E-state index contributed by atoms with van der Waals surface area (Å²) in [6.07, 6.45) is 6.53. The van der Waals surface area contributed by atoms with Gasteiger partial charge < -0.3 is 15.7 Å². The summed E-state index contributed by atoms with van der Waals surface area (Å²) in [5.74, 6) is 1.88. The molecule has 2 aliphatic rings. The van der Waals surface area contributed by atoms with Crippen molar-refractivity contribution in [1.29, 1.82) is 0 Å². The topological polar surface area (TPSA) is 49.5 Å². The molecule has 0 aromatic carbocycles. The summed E-state index contributed by atoms with van der Waals surface area (Å²) in [4.78, 5) is 2.62. The van der Waals surface area contributed by atoms with Gasteiger partial charge in [0.2, 0.25) is 0 Å². The molecule has 2 atom stereocenters. The van der Waals surface area contributed by atoms with Crippen molar-refractivity contribution in [3.8, 4) is 0 Å². The standard InChI is InChI=1S/C14H28N2O/c1-11(7-14(2,15)10-17)16(8-12-3-4-12)9-13-5-6-13/h11-13,17H,3-10,15H2,1-2H3. The van der Waals surface area contributed by atoms with Gasteiger partial charge in [0.05, 0.1) is 6.61 Å². The van der Waals surface area contributed by atoms with E-state index in [4.69, 9.17) is 5.73 Å². The molecule has 0 aromatic rings. The van der Waals surface area contributed by atoms with Gasteiger partial charge >= 0.3 is 0 Å². The zero-order chi connectivity index (χ0) is 12.5. The number of nitrogens with zero attached hydrogens (tertiary/aromatic N) is 1. The second-order valence-corrected chi connectivity index (χ2v) is 6.71. The lowest BCUT2D eigenvalue weighted by atomic mass is 9.95. The quantitative estimate of drug-likeness (QED) is 0.677. The monoisotopic (exact) mass is 240 g/mol. The van der Waals surface area contributed by atoms with Crippen LogP contribution < -0.4 is 5.73 Å². The van der Waals surface area contributed by atoms with Crippen molar-refractivity contribution < 1.29 is 5.11 Å². The number of rotatable bonds is 8. The van der Waals surface area contributed by atoms with Crippen molar-refractivity contribution in [2.75, 3.05) is 19.7 Å². The molecule has 3 heteroatoms. The van der Waals surface area contributed by atoms with Crippen molar-refractivity contribution in [3.63, 3.8) is 0 Å². The van der Waals surface area contributed by atoms with Gasteiger partial charge in [-0.15, -0.1) is 0 Å². The molecule has 0 aromatic heterocycles. The average Bonchev–Trinajstić information content (AvgIpc) is 3.10. The molecule has 100 valence electrons. The summed E-state index contributed by atoms with van der Waals surface area (Å²) in [5.41, 5.74) is 5.65. The molecule has 3 N–H and O–H groups in total. The third-order valence-electron chi connectivity index (χ3n) is 4.13. The second kappa shape index (κ2) is 5.25. The van der Waals surface area contributed by atoms with E-state index >= 15 is 0 Å². The molecule has 2 aliphatic carbocycles. The molecule has 0 radical (unpaired) electrons. The molecule has 2 rings (SSSR count). The van der Waals surface area contributed by atoms with Gasteiger partial charge in [0.1, 0.15) is 0 Å². The predicted octanol–water partition coefficient (Wildman–Crippen LogP) is 1.60. The van der Waals surface area contributed by atoms with Gasteiger partial charge in [0.25, 0.3) is 0 Å². The Kier molecular flexibility index (Phi) is 4.11. The third kappa shape index (κ3) is 4.57. The Morgan fingerprint density at radius 3 is 2.06 bits per heavy atom. The zero-order valence-corrected chi connectivity index (χ0v) is 11.4. The lowest BCUT2D eigenvalue weighted by Gasteiger charge is -2.34. The van der Waals surface area contributed by atoms with Crippen molar-refractivity contribution in [2.24, 2.45) is 17.6 Å². The molecule has 0 aliphatic heterocycles. The van der Waals surface area contributed by atoms with Crippen LogP contribution in [0.4, 0.5) is 0 Å². The van der Waals surface area contributed by atoms with E-state index in [0.717, 1.165) is 18.3 Å². The van der Waals surface area contributed by atoms with Gasteiger partial charge in [-0.25, -0.2) is 0 Å². The van der Waals surface area contributed by atoms with Crippen LogP contribution in [0, 0.1) is 11.8 Å². The van der Waals surface area contributed by atoms with Gasteiger partial charge in [-0.05, 0) is 57.8 Å². The largest absolute Gasteiger partial charge is 0.394 e. The van der Waals surface area contributed by atoms with Gasteiger partial charge in [-0.2, -0.15) is 0 Å². The van der Waals surface area contributed by atoms with Crippen molar-refractivity contribution >= 4 is 0 Å². The smallest absolute Gasteiger partial charge is 0.0609 e. The Labute approximate surface area is 105 Å². The first-order chi connectivity index (χ1) is 8.00. The predicted molar refractivity (Wildman–Crippen MR) is 70.8 cm³/mol. The Bertz CT molecular complexity index is 233. The molecule has 2 saturated carbocycles. The minimum Gasteiger partial charge on any atom is -0.394 e.